The van der Waals surface area contributed by atoms with Crippen molar-refractivity contribution < 1.29 is 28.2 Å². The van der Waals surface area contributed by atoms with Gasteiger partial charge in [0.2, 0.25) is 0 Å². The quantitative estimate of drug-likeness (QED) is 0.217. The Labute approximate surface area is 211 Å². The highest BCUT2D eigenvalue weighted by molar-refractivity contribution is 14.1. The van der Waals surface area contributed by atoms with Crippen molar-refractivity contribution in [2.24, 2.45) is 0 Å². The van der Waals surface area contributed by atoms with Gasteiger partial charge in [-0.1, -0.05) is 52.9 Å². The van der Waals surface area contributed by atoms with Crippen molar-refractivity contribution in [2.75, 3.05) is 11.0 Å². The molecule has 0 aliphatic rings. The average Bonchev–Trinajstić information content (AvgIpc) is 2.79. The summed E-state index contributed by atoms with van der Waals surface area (Å²) >= 11 is 2.12. The number of rotatable bonds is 8. The summed E-state index contributed by atoms with van der Waals surface area (Å²) < 4.78 is 31.2. The summed E-state index contributed by atoms with van der Waals surface area (Å²) in [7, 11) is 0. The Kier molecular flexibility index (Phi) is 8.65. The molecule has 1 heterocycles. The Morgan fingerprint density at radius 2 is 1.88 bits per heavy atom. The molecule has 0 spiro atoms. The zero-order chi connectivity index (χ0) is 24.7. The second-order valence-corrected chi connectivity index (χ2v) is 9.41. The number of hydrogen-bond donors (Lipinski definition) is 1. The van der Waals surface area contributed by atoms with Crippen LogP contribution < -0.4 is 10.1 Å². The Bertz CT molecular complexity index is 1150. The van der Waals surface area contributed by atoms with Gasteiger partial charge in [-0.25, -0.2) is 14.0 Å². The molecule has 0 saturated carbocycles. The van der Waals surface area contributed by atoms with E-state index in [4.69, 9.17) is 14.2 Å². The van der Waals surface area contributed by atoms with Gasteiger partial charge in [0, 0.05) is 9.81 Å². The minimum atomic E-state index is -0.664. The van der Waals surface area contributed by atoms with Crippen molar-refractivity contribution >= 4 is 45.6 Å². The van der Waals surface area contributed by atoms with Crippen molar-refractivity contribution in [3.8, 4) is 5.75 Å². The largest absolute Gasteiger partial charge is 0.490 e. The molecule has 7 nitrogen and oxygen atoms in total. The number of ether oxygens (including phenoxy) is 3. The number of halogens is 2. The molecule has 0 bridgehead atoms. The van der Waals surface area contributed by atoms with Crippen LogP contribution in [0.4, 0.5) is 9.18 Å². The first-order valence-corrected chi connectivity index (χ1v) is 12.2. The second-order valence-electron chi connectivity index (χ2n) is 8.53. The Balaban J connectivity index is 1.82. The molecule has 0 aliphatic heterocycles. The van der Waals surface area contributed by atoms with Gasteiger partial charge in [-0.15, -0.1) is 0 Å². The van der Waals surface area contributed by atoms with Crippen molar-refractivity contribution in [2.45, 2.75) is 39.0 Å². The zero-order valence-corrected chi connectivity index (χ0v) is 21.3. The van der Waals surface area contributed by atoms with Gasteiger partial charge in [-0.3, -0.25) is 4.98 Å². The summed E-state index contributed by atoms with van der Waals surface area (Å²) in [5.41, 5.74) is 0.684. The van der Waals surface area contributed by atoms with E-state index in [1.807, 2.05) is 30.3 Å². The lowest BCUT2D eigenvalue weighted by molar-refractivity contribution is 0.0458. The van der Waals surface area contributed by atoms with Gasteiger partial charge in [-0.05, 0) is 44.5 Å². The molecule has 0 fully saturated rings. The summed E-state index contributed by atoms with van der Waals surface area (Å²) in [4.78, 5) is 29.3. The molecule has 180 valence electrons. The number of nitrogens with one attached hydrogen (secondary N) is 1. The van der Waals surface area contributed by atoms with E-state index >= 15 is 0 Å². The lowest BCUT2D eigenvalue weighted by Gasteiger charge is -2.23. The highest BCUT2D eigenvalue weighted by Gasteiger charge is 2.23. The fourth-order valence-corrected chi connectivity index (χ4v) is 3.54. The molecule has 2 aromatic carbocycles. The number of benzene rings is 2. The van der Waals surface area contributed by atoms with Gasteiger partial charge < -0.3 is 19.5 Å². The van der Waals surface area contributed by atoms with E-state index in [0.29, 0.717) is 9.94 Å². The number of aromatic nitrogens is 1. The minimum Gasteiger partial charge on any atom is -0.490 e. The lowest BCUT2D eigenvalue weighted by Crippen LogP contribution is -2.43. The molecule has 9 heteroatoms. The number of fused-ring (bicyclic) bond motifs is 1. The van der Waals surface area contributed by atoms with Gasteiger partial charge in [0.25, 0.3) is 0 Å². The summed E-state index contributed by atoms with van der Waals surface area (Å²) in [6, 6.07) is 13.3. The zero-order valence-electron chi connectivity index (χ0n) is 19.1. The summed E-state index contributed by atoms with van der Waals surface area (Å²) in [5, 5.41) is 3.03. The number of nitrogens with zero attached hydrogens (tertiary/aromatic N) is 1. The normalized spacial score (nSPS) is 12.1. The van der Waals surface area contributed by atoms with Gasteiger partial charge >= 0.3 is 12.1 Å². The molecule has 34 heavy (non-hydrogen) atoms. The number of amides is 1. The third kappa shape index (κ3) is 7.28. The Morgan fingerprint density at radius 1 is 1.15 bits per heavy atom. The van der Waals surface area contributed by atoms with Crippen molar-refractivity contribution in [3.05, 3.63) is 71.7 Å². The van der Waals surface area contributed by atoms with Crippen LogP contribution in [0.5, 0.6) is 5.75 Å². The van der Waals surface area contributed by atoms with Crippen LogP contribution in [0.15, 0.2) is 54.7 Å². The summed E-state index contributed by atoms with van der Waals surface area (Å²) in [5.74, 6) is -1.04. The molecular formula is C25H26FIN2O5. The van der Waals surface area contributed by atoms with E-state index in [-0.39, 0.29) is 36.0 Å². The first-order chi connectivity index (χ1) is 16.2. The molecular weight excluding hydrogens is 554 g/mol. The van der Waals surface area contributed by atoms with E-state index in [2.05, 4.69) is 32.9 Å². The van der Waals surface area contributed by atoms with Crippen LogP contribution in [0.2, 0.25) is 0 Å². The monoisotopic (exact) mass is 580 g/mol. The molecule has 1 aromatic heterocycles. The molecule has 3 rings (SSSR count). The van der Waals surface area contributed by atoms with Gasteiger partial charge in [0.15, 0.2) is 0 Å². The van der Waals surface area contributed by atoms with Crippen LogP contribution in [-0.2, 0) is 16.1 Å². The molecule has 0 saturated heterocycles. The standard InChI is InChI=1S/C25H26FIN2O5/c1-25(2,3)34-24(31)29-18(12-27)15-32-21-10-9-20-19(11-17(26)13-28-20)22(21)23(30)33-14-16-7-5-4-6-8-16/h4-11,13,18H,12,14-15H2,1-3H3,(H,29,31)/t18-/m1/s1. The van der Waals surface area contributed by atoms with E-state index in [1.54, 1.807) is 32.9 Å². The van der Waals surface area contributed by atoms with Gasteiger partial charge in [0.1, 0.15) is 35.9 Å². The van der Waals surface area contributed by atoms with Crippen molar-refractivity contribution in [1.29, 1.82) is 0 Å². The number of hydrogen-bond acceptors (Lipinski definition) is 6. The molecule has 1 atom stereocenters. The van der Waals surface area contributed by atoms with Crippen LogP contribution >= 0.6 is 22.6 Å². The number of pyridine rings is 1. The second kappa shape index (κ2) is 11.5. The Morgan fingerprint density at radius 3 is 2.56 bits per heavy atom. The number of alkyl carbamates (subject to hydrolysis) is 1. The fourth-order valence-electron chi connectivity index (χ4n) is 3.07. The maximum absolute atomic E-state index is 14.0. The fraction of sp³-hybridized carbons (Fsp3) is 0.320. The third-order valence-corrected chi connectivity index (χ3v) is 5.62. The molecule has 1 N–H and O–H groups in total. The molecule has 0 aliphatic carbocycles. The first kappa shape index (κ1) is 25.7. The maximum Gasteiger partial charge on any atom is 0.408 e. The highest BCUT2D eigenvalue weighted by atomic mass is 127. The average molecular weight is 580 g/mol. The van der Waals surface area contributed by atoms with E-state index < -0.39 is 23.5 Å². The van der Waals surface area contributed by atoms with Crippen LogP contribution in [-0.4, -0.2) is 39.7 Å². The summed E-state index contributed by atoms with van der Waals surface area (Å²) in [6.45, 7) is 5.44. The third-order valence-electron chi connectivity index (χ3n) is 4.56. The van der Waals surface area contributed by atoms with E-state index in [1.165, 1.54) is 6.07 Å². The maximum atomic E-state index is 14.0. The minimum absolute atomic E-state index is 0.0504. The number of carbonyl (C=O) groups is 2. The Hall–Kier alpha value is -2.95. The number of esters is 1. The van der Waals surface area contributed by atoms with Gasteiger partial charge in [0.05, 0.1) is 17.8 Å². The molecule has 1 amide bonds. The molecule has 0 unspecified atom stereocenters. The first-order valence-electron chi connectivity index (χ1n) is 10.6. The predicted molar refractivity (Wildman–Crippen MR) is 135 cm³/mol. The number of alkyl halides is 1. The predicted octanol–water partition coefficient (Wildman–Crippen LogP) is 5.44. The SMILES string of the molecule is CC(C)(C)OC(=O)N[C@H](CI)COc1ccc2ncc(F)cc2c1C(=O)OCc1ccccc1. The van der Waals surface area contributed by atoms with Crippen LogP contribution in [0.3, 0.4) is 0 Å². The summed E-state index contributed by atoms with van der Waals surface area (Å²) in [6.07, 6.45) is 0.517. The van der Waals surface area contributed by atoms with Crippen molar-refractivity contribution in [3.63, 3.8) is 0 Å². The lowest BCUT2D eigenvalue weighted by atomic mass is 10.1. The molecule has 3 aromatic rings. The van der Waals surface area contributed by atoms with E-state index in [0.717, 1.165) is 11.8 Å². The highest BCUT2D eigenvalue weighted by Crippen LogP contribution is 2.29. The van der Waals surface area contributed by atoms with Crippen LogP contribution in [0, 0.1) is 5.82 Å². The van der Waals surface area contributed by atoms with E-state index in [9.17, 15) is 14.0 Å². The van der Waals surface area contributed by atoms with Crippen LogP contribution in [0.1, 0.15) is 36.7 Å². The van der Waals surface area contributed by atoms with Crippen molar-refractivity contribution in [1.82, 2.24) is 10.3 Å². The number of carbonyl (C=O) groups excluding carboxylic acids is 2. The van der Waals surface area contributed by atoms with Crippen LogP contribution in [0.25, 0.3) is 10.9 Å². The smallest absolute Gasteiger partial charge is 0.408 e. The van der Waals surface area contributed by atoms with Gasteiger partial charge in [-0.2, -0.15) is 0 Å². The molecule has 0 radical (unpaired) electrons. The topological polar surface area (TPSA) is 86.8 Å².